The number of nitrogens with one attached hydrogen (secondary N) is 2. The molecule has 0 rings (SSSR count). The SMILES string of the molecule is CC(=O)NCC(F)COCCCCCOCCOCCCCCNC(=O)COC(C)C. The van der Waals surface area contributed by atoms with Crippen LogP contribution in [0, 0.1) is 0 Å². The van der Waals surface area contributed by atoms with Gasteiger partial charge in [-0.1, -0.05) is 0 Å². The number of amides is 2. The Balaban J connectivity index is 3.17. The molecule has 1 unspecified atom stereocenters. The first kappa shape index (κ1) is 29.7. The number of carbonyl (C=O) groups excluding carboxylic acids is 2. The van der Waals surface area contributed by atoms with E-state index in [0.29, 0.717) is 39.6 Å². The molecule has 184 valence electrons. The van der Waals surface area contributed by atoms with E-state index in [1.165, 1.54) is 6.92 Å². The zero-order valence-electron chi connectivity index (χ0n) is 19.6. The maximum Gasteiger partial charge on any atom is 0.246 e. The summed E-state index contributed by atoms with van der Waals surface area (Å²) in [5, 5.41) is 5.26. The van der Waals surface area contributed by atoms with Crippen molar-refractivity contribution in [3.63, 3.8) is 0 Å². The molecule has 0 aliphatic heterocycles. The molecular formula is C22H43FN2O6. The number of halogens is 1. The highest BCUT2D eigenvalue weighted by molar-refractivity contribution is 5.77. The van der Waals surface area contributed by atoms with Crippen molar-refractivity contribution in [3.05, 3.63) is 0 Å². The molecule has 0 spiro atoms. The largest absolute Gasteiger partial charge is 0.379 e. The van der Waals surface area contributed by atoms with Crippen molar-refractivity contribution in [2.45, 2.75) is 71.6 Å². The van der Waals surface area contributed by atoms with Crippen LogP contribution in [0.5, 0.6) is 0 Å². The monoisotopic (exact) mass is 450 g/mol. The normalized spacial score (nSPS) is 12.2. The fraction of sp³-hybridized carbons (Fsp3) is 0.909. The predicted molar refractivity (Wildman–Crippen MR) is 118 cm³/mol. The third-order valence-electron chi connectivity index (χ3n) is 4.16. The van der Waals surface area contributed by atoms with Gasteiger partial charge in [0.25, 0.3) is 0 Å². The Morgan fingerprint density at radius 2 is 1.39 bits per heavy atom. The second kappa shape index (κ2) is 21.9. The van der Waals surface area contributed by atoms with E-state index in [1.54, 1.807) is 0 Å². The smallest absolute Gasteiger partial charge is 0.246 e. The fourth-order valence-corrected chi connectivity index (χ4v) is 2.46. The summed E-state index contributed by atoms with van der Waals surface area (Å²) in [6.45, 7) is 9.01. The van der Waals surface area contributed by atoms with E-state index in [1.807, 2.05) is 13.8 Å². The Labute approximate surface area is 186 Å². The molecule has 8 nitrogen and oxygen atoms in total. The standard InChI is InChI=1S/C22H43FN2O6/c1-19(2)31-18-22(27)24-10-6-4-7-11-28-14-15-29-12-8-5-9-13-30-17-21(23)16-25-20(3)26/h19,21H,4-18H2,1-3H3,(H,24,27)(H,25,26). The molecule has 1 atom stereocenters. The predicted octanol–water partition coefficient (Wildman–Crippen LogP) is 2.39. The van der Waals surface area contributed by atoms with Gasteiger partial charge in [-0.25, -0.2) is 4.39 Å². The fourth-order valence-electron chi connectivity index (χ4n) is 2.46. The molecule has 31 heavy (non-hydrogen) atoms. The molecule has 0 saturated heterocycles. The lowest BCUT2D eigenvalue weighted by atomic mass is 10.2. The van der Waals surface area contributed by atoms with E-state index >= 15 is 0 Å². The van der Waals surface area contributed by atoms with Gasteiger partial charge in [-0.2, -0.15) is 0 Å². The van der Waals surface area contributed by atoms with Gasteiger partial charge in [-0.05, 0) is 52.4 Å². The van der Waals surface area contributed by atoms with Crippen molar-refractivity contribution in [3.8, 4) is 0 Å². The highest BCUT2D eigenvalue weighted by atomic mass is 19.1. The van der Waals surface area contributed by atoms with Crippen LogP contribution in [0.25, 0.3) is 0 Å². The molecule has 0 bridgehead atoms. The van der Waals surface area contributed by atoms with Gasteiger partial charge >= 0.3 is 0 Å². The molecule has 0 saturated carbocycles. The van der Waals surface area contributed by atoms with Crippen molar-refractivity contribution >= 4 is 11.8 Å². The van der Waals surface area contributed by atoms with Crippen molar-refractivity contribution in [2.24, 2.45) is 0 Å². The van der Waals surface area contributed by atoms with Crippen molar-refractivity contribution in [2.75, 3.05) is 59.3 Å². The van der Waals surface area contributed by atoms with Gasteiger partial charge in [0.2, 0.25) is 11.8 Å². The zero-order chi connectivity index (χ0) is 23.2. The molecule has 0 aliphatic rings. The lowest BCUT2D eigenvalue weighted by Gasteiger charge is -2.09. The summed E-state index contributed by atoms with van der Waals surface area (Å²) in [6, 6.07) is 0. The Kier molecular flexibility index (Phi) is 21.0. The molecule has 0 aromatic carbocycles. The summed E-state index contributed by atoms with van der Waals surface area (Å²) in [4.78, 5) is 22.1. The Morgan fingerprint density at radius 1 is 0.806 bits per heavy atom. The summed E-state index contributed by atoms with van der Waals surface area (Å²) in [5.74, 6) is -0.305. The van der Waals surface area contributed by atoms with Crippen LogP contribution in [-0.4, -0.2) is 83.4 Å². The molecule has 0 fully saturated rings. The summed E-state index contributed by atoms with van der Waals surface area (Å²) < 4.78 is 34.9. The number of rotatable bonds is 22. The second-order valence-corrected chi connectivity index (χ2v) is 7.67. The quantitative estimate of drug-likeness (QED) is 0.246. The summed E-state index contributed by atoms with van der Waals surface area (Å²) >= 11 is 0. The molecule has 9 heteroatoms. The molecule has 0 radical (unpaired) electrons. The number of alkyl halides is 1. The Bertz CT molecular complexity index is 440. The highest BCUT2D eigenvalue weighted by Crippen LogP contribution is 1.99. The minimum absolute atomic E-state index is 0.00212. The zero-order valence-corrected chi connectivity index (χ0v) is 19.6. The Morgan fingerprint density at radius 3 is 1.97 bits per heavy atom. The number of unbranched alkanes of at least 4 members (excludes halogenated alkanes) is 4. The molecule has 2 amide bonds. The van der Waals surface area contributed by atoms with Gasteiger partial charge < -0.3 is 29.6 Å². The lowest BCUT2D eigenvalue weighted by molar-refractivity contribution is -0.127. The van der Waals surface area contributed by atoms with E-state index in [0.717, 1.165) is 38.5 Å². The van der Waals surface area contributed by atoms with E-state index in [2.05, 4.69) is 10.6 Å². The lowest BCUT2D eigenvalue weighted by Crippen LogP contribution is -2.30. The minimum atomic E-state index is -1.16. The van der Waals surface area contributed by atoms with E-state index in [-0.39, 0.29) is 37.7 Å². The van der Waals surface area contributed by atoms with Gasteiger partial charge in [0, 0.05) is 33.3 Å². The van der Waals surface area contributed by atoms with Crippen molar-refractivity contribution < 1.29 is 32.9 Å². The van der Waals surface area contributed by atoms with Crippen molar-refractivity contribution in [1.29, 1.82) is 0 Å². The number of carbonyl (C=O) groups is 2. The summed E-state index contributed by atoms with van der Waals surface area (Å²) in [5.41, 5.74) is 0. The third-order valence-corrected chi connectivity index (χ3v) is 4.16. The molecule has 0 heterocycles. The van der Waals surface area contributed by atoms with E-state index < -0.39 is 6.17 Å². The third kappa shape index (κ3) is 24.8. The van der Waals surface area contributed by atoms with Crippen LogP contribution in [0.1, 0.15) is 59.3 Å². The first-order chi connectivity index (χ1) is 14.9. The first-order valence-corrected chi connectivity index (χ1v) is 11.4. The van der Waals surface area contributed by atoms with E-state index in [9.17, 15) is 14.0 Å². The maximum absolute atomic E-state index is 13.3. The van der Waals surface area contributed by atoms with Gasteiger partial charge in [0.15, 0.2) is 0 Å². The minimum Gasteiger partial charge on any atom is -0.379 e. The van der Waals surface area contributed by atoms with Crippen LogP contribution in [0.15, 0.2) is 0 Å². The first-order valence-electron chi connectivity index (χ1n) is 11.4. The number of hydrogen-bond donors (Lipinski definition) is 2. The van der Waals surface area contributed by atoms with Gasteiger partial charge in [0.1, 0.15) is 12.8 Å². The average Bonchev–Trinajstić information content (AvgIpc) is 2.72. The maximum atomic E-state index is 13.3. The van der Waals surface area contributed by atoms with Gasteiger partial charge in [0.05, 0.1) is 32.5 Å². The van der Waals surface area contributed by atoms with Crippen LogP contribution in [0.2, 0.25) is 0 Å². The van der Waals surface area contributed by atoms with Crippen LogP contribution in [0.3, 0.4) is 0 Å². The van der Waals surface area contributed by atoms with Gasteiger partial charge in [-0.15, -0.1) is 0 Å². The summed E-state index contributed by atoms with van der Waals surface area (Å²) in [7, 11) is 0. The Hall–Kier alpha value is -1.29. The summed E-state index contributed by atoms with van der Waals surface area (Å²) in [6.07, 6.45) is 4.55. The average molecular weight is 451 g/mol. The molecular weight excluding hydrogens is 407 g/mol. The number of hydrogen-bond acceptors (Lipinski definition) is 6. The molecule has 0 aromatic rings. The molecule has 2 N–H and O–H groups in total. The van der Waals surface area contributed by atoms with Gasteiger partial charge in [-0.3, -0.25) is 9.59 Å². The topological polar surface area (TPSA) is 95.1 Å². The van der Waals surface area contributed by atoms with E-state index in [4.69, 9.17) is 18.9 Å². The number of ether oxygens (including phenoxy) is 4. The van der Waals surface area contributed by atoms with Crippen LogP contribution in [0.4, 0.5) is 4.39 Å². The van der Waals surface area contributed by atoms with Crippen molar-refractivity contribution in [1.82, 2.24) is 10.6 Å². The molecule has 0 aliphatic carbocycles. The van der Waals surface area contributed by atoms with Crippen LogP contribution < -0.4 is 10.6 Å². The van der Waals surface area contributed by atoms with Crippen LogP contribution in [-0.2, 0) is 28.5 Å². The highest BCUT2D eigenvalue weighted by Gasteiger charge is 2.06. The second-order valence-electron chi connectivity index (χ2n) is 7.67. The van der Waals surface area contributed by atoms with Crippen LogP contribution >= 0.6 is 0 Å². The molecule has 0 aromatic heterocycles.